The van der Waals surface area contributed by atoms with Gasteiger partial charge in [-0.15, -0.1) is 0 Å². The third-order valence-corrected chi connectivity index (χ3v) is 3.51. The summed E-state index contributed by atoms with van der Waals surface area (Å²) in [5, 5.41) is 16.8. The van der Waals surface area contributed by atoms with Gasteiger partial charge in [0.2, 0.25) is 5.75 Å². The van der Waals surface area contributed by atoms with Gasteiger partial charge < -0.3 is 25.5 Å². The topological polar surface area (TPSA) is 106 Å². The van der Waals surface area contributed by atoms with E-state index in [1.165, 1.54) is 18.3 Å². The fraction of sp³-hybridized carbons (Fsp3) is 0.0526. The van der Waals surface area contributed by atoms with Crippen LogP contribution in [0.2, 0.25) is 0 Å². The van der Waals surface area contributed by atoms with Crippen LogP contribution in [-0.2, 0) is 4.79 Å². The molecule has 27 heavy (non-hydrogen) atoms. The second kappa shape index (κ2) is 8.43. The molecule has 136 valence electrons. The van der Waals surface area contributed by atoms with Gasteiger partial charge in [0.1, 0.15) is 6.20 Å². The monoisotopic (exact) mass is 364 g/mol. The number of benzene rings is 2. The van der Waals surface area contributed by atoms with Crippen molar-refractivity contribution in [3.05, 3.63) is 83.0 Å². The molecule has 0 fully saturated rings. The van der Waals surface area contributed by atoms with Crippen molar-refractivity contribution in [1.29, 1.82) is 0 Å². The Kier molecular flexibility index (Phi) is 5.58. The number of hydrogen-bond acceptors (Lipinski definition) is 6. The van der Waals surface area contributed by atoms with E-state index in [1.54, 1.807) is 12.1 Å². The smallest absolute Gasteiger partial charge is 0.406 e. The molecule has 1 aromatic heterocycles. The van der Waals surface area contributed by atoms with Gasteiger partial charge >= 0.3 is 5.82 Å². The Bertz CT molecular complexity index is 930. The fourth-order valence-electron chi connectivity index (χ4n) is 2.30. The first kappa shape index (κ1) is 17.9. The summed E-state index contributed by atoms with van der Waals surface area (Å²) in [5.41, 5.74) is 2.42. The van der Waals surface area contributed by atoms with Crippen molar-refractivity contribution in [2.24, 2.45) is 0 Å². The molecule has 1 heterocycles. The molecule has 0 saturated heterocycles. The lowest BCUT2D eigenvalue weighted by molar-refractivity contribution is -0.390. The van der Waals surface area contributed by atoms with Crippen molar-refractivity contribution in [2.45, 2.75) is 0 Å². The largest absolute Gasteiger partial charge is 0.476 e. The number of aromatic nitrogens is 1. The van der Waals surface area contributed by atoms with Gasteiger partial charge in [-0.3, -0.25) is 4.79 Å². The van der Waals surface area contributed by atoms with Gasteiger partial charge in [0, 0.05) is 17.1 Å². The maximum absolute atomic E-state index is 12.0. The zero-order valence-electron chi connectivity index (χ0n) is 14.2. The lowest BCUT2D eigenvalue weighted by atomic mass is 10.2. The Morgan fingerprint density at radius 1 is 0.963 bits per heavy atom. The molecule has 0 atom stereocenters. The molecular weight excluding hydrogens is 348 g/mol. The van der Waals surface area contributed by atoms with E-state index in [0.29, 0.717) is 5.69 Å². The Morgan fingerprint density at radius 2 is 1.63 bits per heavy atom. The molecule has 3 rings (SSSR count). The molecule has 0 aliphatic carbocycles. The van der Waals surface area contributed by atoms with E-state index in [4.69, 9.17) is 4.74 Å². The van der Waals surface area contributed by atoms with E-state index in [0.717, 1.165) is 11.4 Å². The number of nitrogens with one attached hydrogen (secondary N) is 2. The Hall–Kier alpha value is -3.94. The molecule has 0 radical (unpaired) electrons. The molecule has 2 N–H and O–H groups in total. The summed E-state index contributed by atoms with van der Waals surface area (Å²) in [6.07, 6.45) is 1.29. The summed E-state index contributed by atoms with van der Waals surface area (Å²) in [7, 11) is 0. The van der Waals surface area contributed by atoms with E-state index in [9.17, 15) is 14.9 Å². The van der Waals surface area contributed by atoms with Gasteiger partial charge in [-0.05, 0) is 58.4 Å². The van der Waals surface area contributed by atoms with Crippen LogP contribution in [0.1, 0.15) is 0 Å². The first-order chi connectivity index (χ1) is 13.1. The number of ether oxygens (including phenoxy) is 1. The number of anilines is 3. The fourth-order valence-corrected chi connectivity index (χ4v) is 2.30. The quantitative estimate of drug-likeness (QED) is 0.488. The third-order valence-electron chi connectivity index (χ3n) is 3.51. The van der Waals surface area contributed by atoms with E-state index >= 15 is 0 Å². The average Bonchev–Trinajstić information content (AvgIpc) is 2.69. The molecule has 0 bridgehead atoms. The molecule has 0 saturated carbocycles. The Morgan fingerprint density at radius 3 is 2.33 bits per heavy atom. The SMILES string of the molecule is O=C(COc1cccnc1[N+](=O)[O-])Nc1ccc(Nc2ccccc2)cc1. The van der Waals surface area contributed by atoms with E-state index in [-0.39, 0.29) is 12.4 Å². The van der Waals surface area contributed by atoms with Gasteiger partial charge in [-0.25, -0.2) is 0 Å². The zero-order chi connectivity index (χ0) is 19.1. The van der Waals surface area contributed by atoms with Crippen molar-refractivity contribution in [3.63, 3.8) is 0 Å². The van der Waals surface area contributed by atoms with Gasteiger partial charge in [0.05, 0.1) is 0 Å². The first-order valence-electron chi connectivity index (χ1n) is 8.06. The Labute approximate surface area is 155 Å². The molecule has 3 aromatic rings. The van der Waals surface area contributed by atoms with E-state index in [1.807, 2.05) is 42.5 Å². The van der Waals surface area contributed by atoms with Crippen LogP contribution < -0.4 is 15.4 Å². The summed E-state index contributed by atoms with van der Waals surface area (Å²) in [6, 6.07) is 19.7. The number of carbonyl (C=O) groups excluding carboxylic acids is 1. The van der Waals surface area contributed by atoms with Crippen molar-refractivity contribution in [3.8, 4) is 5.75 Å². The maximum atomic E-state index is 12.0. The van der Waals surface area contributed by atoms with Crippen molar-refractivity contribution in [1.82, 2.24) is 4.98 Å². The molecule has 8 nitrogen and oxygen atoms in total. The number of rotatable bonds is 7. The highest BCUT2D eigenvalue weighted by molar-refractivity contribution is 5.92. The second-order valence-electron chi connectivity index (χ2n) is 5.49. The zero-order valence-corrected chi connectivity index (χ0v) is 14.2. The van der Waals surface area contributed by atoms with Gasteiger partial charge in [-0.1, -0.05) is 18.2 Å². The first-order valence-corrected chi connectivity index (χ1v) is 8.06. The lowest BCUT2D eigenvalue weighted by Crippen LogP contribution is -2.20. The summed E-state index contributed by atoms with van der Waals surface area (Å²) in [4.78, 5) is 25.8. The minimum Gasteiger partial charge on any atom is -0.476 e. The molecule has 8 heteroatoms. The molecule has 0 aliphatic rings. The molecular formula is C19H16N4O4. The van der Waals surface area contributed by atoms with E-state index < -0.39 is 16.6 Å². The van der Waals surface area contributed by atoms with Gasteiger partial charge in [0.15, 0.2) is 6.61 Å². The van der Waals surface area contributed by atoms with Crippen LogP contribution in [0.3, 0.4) is 0 Å². The minimum absolute atomic E-state index is 0.0555. The van der Waals surface area contributed by atoms with Gasteiger partial charge in [0.25, 0.3) is 5.91 Å². The predicted octanol–water partition coefficient (Wildman–Crippen LogP) is 3.75. The van der Waals surface area contributed by atoms with E-state index in [2.05, 4.69) is 15.6 Å². The van der Waals surface area contributed by atoms with Crippen LogP contribution in [0.15, 0.2) is 72.9 Å². The highest BCUT2D eigenvalue weighted by Crippen LogP contribution is 2.23. The third kappa shape index (κ3) is 5.02. The van der Waals surface area contributed by atoms with Crippen LogP contribution in [0.25, 0.3) is 0 Å². The standard InChI is InChI=1S/C19H16N4O4/c24-18(13-27-17-7-4-12-20-19(17)23(25)26)22-16-10-8-15(9-11-16)21-14-5-2-1-3-6-14/h1-12,21H,13H2,(H,22,24). The number of amides is 1. The second-order valence-corrected chi connectivity index (χ2v) is 5.49. The molecule has 2 aromatic carbocycles. The number of para-hydroxylation sites is 1. The molecule has 0 spiro atoms. The number of hydrogen-bond donors (Lipinski definition) is 2. The van der Waals surface area contributed by atoms with Crippen molar-refractivity contribution < 1.29 is 14.5 Å². The van der Waals surface area contributed by atoms with Crippen molar-refractivity contribution in [2.75, 3.05) is 17.2 Å². The highest BCUT2D eigenvalue weighted by atomic mass is 16.6. The summed E-state index contributed by atoms with van der Waals surface area (Å²) in [6.45, 7) is -0.365. The molecule has 0 unspecified atom stereocenters. The Balaban J connectivity index is 1.54. The number of pyridine rings is 1. The minimum atomic E-state index is -0.661. The van der Waals surface area contributed by atoms with Crippen LogP contribution in [0.5, 0.6) is 5.75 Å². The number of nitro groups is 1. The number of nitrogens with zero attached hydrogens (tertiary/aromatic N) is 2. The maximum Gasteiger partial charge on any atom is 0.406 e. The average molecular weight is 364 g/mol. The highest BCUT2D eigenvalue weighted by Gasteiger charge is 2.16. The summed E-state index contributed by atoms with van der Waals surface area (Å²) < 4.78 is 5.21. The van der Waals surface area contributed by atoms with Crippen LogP contribution in [0, 0.1) is 10.1 Å². The lowest BCUT2D eigenvalue weighted by Gasteiger charge is -2.09. The van der Waals surface area contributed by atoms with Crippen molar-refractivity contribution >= 4 is 28.8 Å². The predicted molar refractivity (Wildman–Crippen MR) is 101 cm³/mol. The summed E-state index contributed by atoms with van der Waals surface area (Å²) in [5.74, 6) is -0.918. The normalized spacial score (nSPS) is 10.1. The van der Waals surface area contributed by atoms with Crippen LogP contribution in [0.4, 0.5) is 22.9 Å². The van der Waals surface area contributed by atoms with Crippen LogP contribution >= 0.6 is 0 Å². The number of carbonyl (C=O) groups is 1. The molecule has 0 aliphatic heterocycles. The van der Waals surface area contributed by atoms with Gasteiger partial charge in [-0.2, -0.15) is 0 Å². The van der Waals surface area contributed by atoms with Crippen LogP contribution in [-0.4, -0.2) is 22.4 Å². The molecule has 1 amide bonds. The summed E-state index contributed by atoms with van der Waals surface area (Å²) >= 11 is 0.